The van der Waals surface area contributed by atoms with E-state index in [2.05, 4.69) is 49.1 Å². The van der Waals surface area contributed by atoms with Gasteiger partial charge in [-0.15, -0.1) is 6.42 Å². The number of hydrogen-bond acceptors (Lipinski definition) is 0. The lowest BCUT2D eigenvalue weighted by Crippen LogP contribution is -2.43. The predicted octanol–water partition coefficient (Wildman–Crippen LogP) is 3.32. The summed E-state index contributed by atoms with van der Waals surface area (Å²) in [7, 11) is 2.16. The molecular weight excluding hydrogens is 254 g/mol. The summed E-state index contributed by atoms with van der Waals surface area (Å²) in [6, 6.07) is 20.5. The van der Waals surface area contributed by atoms with Crippen LogP contribution in [0.5, 0.6) is 0 Å². The zero-order chi connectivity index (χ0) is 15.0. The van der Waals surface area contributed by atoms with Crippen LogP contribution in [0.1, 0.15) is 11.1 Å². The molecule has 0 N–H and O–H groups in total. The van der Waals surface area contributed by atoms with Crippen LogP contribution in [0, 0.1) is 24.2 Å². The largest absolute Gasteiger partial charge is 0.302 e. The fraction of sp³-hybridized carbons (Fsp3) is 0.200. The molecule has 104 valence electrons. The van der Waals surface area contributed by atoms with E-state index < -0.39 is 0 Å². The minimum atomic E-state index is 0.679. The molecule has 1 heteroatoms. The van der Waals surface area contributed by atoms with Gasteiger partial charge in [0, 0.05) is 11.1 Å². The van der Waals surface area contributed by atoms with E-state index in [1.165, 1.54) is 5.56 Å². The zero-order valence-corrected chi connectivity index (χ0v) is 12.4. The second kappa shape index (κ2) is 7.34. The molecule has 2 aromatic carbocycles. The van der Waals surface area contributed by atoms with Crippen LogP contribution in [0.25, 0.3) is 0 Å². The van der Waals surface area contributed by atoms with Gasteiger partial charge in [-0.3, -0.25) is 0 Å². The Hall–Kier alpha value is -2.48. The third kappa shape index (κ3) is 4.84. The van der Waals surface area contributed by atoms with Gasteiger partial charge < -0.3 is 4.48 Å². The summed E-state index contributed by atoms with van der Waals surface area (Å²) in [5.41, 5.74) is 2.33. The van der Waals surface area contributed by atoms with E-state index in [0.29, 0.717) is 6.54 Å². The second-order valence-corrected chi connectivity index (χ2v) is 5.45. The first kappa shape index (κ1) is 14.9. The Balaban J connectivity index is 2.08. The van der Waals surface area contributed by atoms with Crippen molar-refractivity contribution in [3.05, 3.63) is 71.8 Å². The predicted molar refractivity (Wildman–Crippen MR) is 88.2 cm³/mol. The second-order valence-electron chi connectivity index (χ2n) is 5.45. The standard InChI is InChI=1S/C20H20N/c1-3-16-21(2,18-20-13-8-5-9-14-20)17-10-15-19-11-6-4-7-12-19/h1,4-9,11-14H,16-18H2,2H3/q+1/t21-/m0/s1. The normalized spacial score (nSPS) is 12.6. The molecule has 0 radical (unpaired) electrons. The van der Waals surface area contributed by atoms with Gasteiger partial charge in [0.25, 0.3) is 0 Å². The molecule has 0 bridgehead atoms. The summed E-state index contributed by atoms with van der Waals surface area (Å²) in [6.45, 7) is 2.32. The topological polar surface area (TPSA) is 0 Å². The van der Waals surface area contributed by atoms with Crippen LogP contribution in [0.2, 0.25) is 0 Å². The Kier molecular flexibility index (Phi) is 5.22. The van der Waals surface area contributed by atoms with Crippen LogP contribution in [-0.4, -0.2) is 24.6 Å². The minimum absolute atomic E-state index is 0.679. The molecule has 0 saturated heterocycles. The monoisotopic (exact) mass is 274 g/mol. The minimum Gasteiger partial charge on any atom is -0.302 e. The lowest BCUT2D eigenvalue weighted by molar-refractivity contribution is -0.909. The zero-order valence-electron chi connectivity index (χ0n) is 12.4. The summed E-state index contributed by atoms with van der Waals surface area (Å²) in [4.78, 5) is 0. The molecule has 2 rings (SSSR count). The molecule has 21 heavy (non-hydrogen) atoms. The van der Waals surface area contributed by atoms with Gasteiger partial charge in [-0.2, -0.15) is 0 Å². The number of quaternary nitrogens is 1. The van der Waals surface area contributed by atoms with E-state index in [0.717, 1.165) is 23.1 Å². The average molecular weight is 274 g/mol. The summed E-state index contributed by atoms with van der Waals surface area (Å²) in [6.07, 6.45) is 5.54. The van der Waals surface area contributed by atoms with Crippen LogP contribution in [-0.2, 0) is 6.54 Å². The highest BCUT2D eigenvalue weighted by Gasteiger charge is 2.19. The van der Waals surface area contributed by atoms with Crippen LogP contribution in [0.15, 0.2) is 60.7 Å². The molecule has 0 aliphatic carbocycles. The van der Waals surface area contributed by atoms with Gasteiger partial charge in [0.1, 0.15) is 19.6 Å². The highest BCUT2D eigenvalue weighted by atomic mass is 15.3. The summed E-state index contributed by atoms with van der Waals surface area (Å²) < 4.78 is 0.736. The van der Waals surface area contributed by atoms with Crippen molar-refractivity contribution < 1.29 is 4.48 Å². The van der Waals surface area contributed by atoms with Crippen LogP contribution >= 0.6 is 0 Å². The summed E-state index contributed by atoms with van der Waals surface area (Å²) >= 11 is 0. The maximum atomic E-state index is 5.54. The number of benzene rings is 2. The van der Waals surface area contributed by atoms with Crippen molar-refractivity contribution >= 4 is 0 Å². The molecule has 0 saturated carbocycles. The van der Waals surface area contributed by atoms with E-state index in [4.69, 9.17) is 6.42 Å². The summed E-state index contributed by atoms with van der Waals surface area (Å²) in [5.74, 6) is 9.27. The fourth-order valence-electron chi connectivity index (χ4n) is 2.27. The van der Waals surface area contributed by atoms with Crippen molar-refractivity contribution in [2.24, 2.45) is 0 Å². The van der Waals surface area contributed by atoms with Gasteiger partial charge >= 0.3 is 0 Å². The lowest BCUT2D eigenvalue weighted by Gasteiger charge is -2.30. The van der Waals surface area contributed by atoms with Gasteiger partial charge in [0.15, 0.2) is 0 Å². The smallest absolute Gasteiger partial charge is 0.142 e. The molecule has 0 aliphatic heterocycles. The molecule has 1 nitrogen and oxygen atoms in total. The first-order valence-electron chi connectivity index (χ1n) is 7.07. The Morgan fingerprint density at radius 1 is 0.905 bits per heavy atom. The molecule has 0 heterocycles. The molecule has 0 amide bonds. The Labute approximate surface area is 127 Å². The van der Waals surface area contributed by atoms with Gasteiger partial charge in [-0.25, -0.2) is 0 Å². The number of rotatable bonds is 4. The highest BCUT2D eigenvalue weighted by molar-refractivity contribution is 5.33. The quantitative estimate of drug-likeness (QED) is 0.593. The van der Waals surface area contributed by atoms with E-state index in [1.807, 2.05) is 36.4 Å². The molecule has 0 unspecified atom stereocenters. The molecule has 0 fully saturated rings. The van der Waals surface area contributed by atoms with Gasteiger partial charge in [-0.05, 0) is 24.0 Å². The molecular formula is C20H20N+. The summed E-state index contributed by atoms with van der Waals surface area (Å²) in [5, 5.41) is 0. The van der Waals surface area contributed by atoms with E-state index in [9.17, 15) is 0 Å². The van der Waals surface area contributed by atoms with Crippen molar-refractivity contribution in [2.75, 3.05) is 20.1 Å². The highest BCUT2D eigenvalue weighted by Crippen LogP contribution is 2.11. The van der Waals surface area contributed by atoms with Gasteiger partial charge in [-0.1, -0.05) is 54.5 Å². The number of terminal acetylenes is 1. The Morgan fingerprint density at radius 2 is 1.52 bits per heavy atom. The van der Waals surface area contributed by atoms with Crippen LogP contribution in [0.4, 0.5) is 0 Å². The van der Waals surface area contributed by atoms with Crippen molar-refractivity contribution in [1.29, 1.82) is 0 Å². The molecule has 0 spiro atoms. The van der Waals surface area contributed by atoms with Crippen molar-refractivity contribution in [1.82, 2.24) is 0 Å². The number of hydrogen-bond donors (Lipinski definition) is 0. The maximum Gasteiger partial charge on any atom is 0.142 e. The Bertz CT molecular complexity index is 656. The average Bonchev–Trinajstić information content (AvgIpc) is 2.49. The first-order valence-corrected chi connectivity index (χ1v) is 7.07. The number of nitrogens with zero attached hydrogens (tertiary/aromatic N) is 1. The molecule has 0 aliphatic rings. The van der Waals surface area contributed by atoms with Crippen molar-refractivity contribution in [3.63, 3.8) is 0 Å². The van der Waals surface area contributed by atoms with Crippen LogP contribution in [0.3, 0.4) is 0 Å². The first-order chi connectivity index (χ1) is 10.2. The van der Waals surface area contributed by atoms with Gasteiger partial charge in [0.05, 0.1) is 7.05 Å². The molecule has 1 atom stereocenters. The Morgan fingerprint density at radius 3 is 2.14 bits per heavy atom. The SMILES string of the molecule is C#CC[N@@+](C)(CC#Cc1ccccc1)Cc1ccccc1. The third-order valence-electron chi connectivity index (χ3n) is 3.35. The van der Waals surface area contributed by atoms with Gasteiger partial charge in [0.2, 0.25) is 0 Å². The molecule has 0 aromatic heterocycles. The maximum absolute atomic E-state index is 5.54. The van der Waals surface area contributed by atoms with Crippen molar-refractivity contribution in [2.45, 2.75) is 6.54 Å². The third-order valence-corrected chi connectivity index (χ3v) is 3.35. The van der Waals surface area contributed by atoms with Crippen LogP contribution < -0.4 is 0 Å². The molecule has 2 aromatic rings. The fourth-order valence-corrected chi connectivity index (χ4v) is 2.27. The van der Waals surface area contributed by atoms with E-state index >= 15 is 0 Å². The van der Waals surface area contributed by atoms with E-state index in [1.54, 1.807) is 0 Å². The van der Waals surface area contributed by atoms with Crippen molar-refractivity contribution in [3.8, 4) is 24.2 Å². The lowest BCUT2D eigenvalue weighted by atomic mass is 10.2. The van der Waals surface area contributed by atoms with E-state index in [-0.39, 0.29) is 0 Å².